The van der Waals surface area contributed by atoms with Crippen LogP contribution in [0, 0.1) is 5.92 Å². The molecule has 3 nitrogen and oxygen atoms in total. The fourth-order valence-corrected chi connectivity index (χ4v) is 0.421. The van der Waals surface area contributed by atoms with Gasteiger partial charge in [0.05, 0.1) is 6.61 Å². The van der Waals surface area contributed by atoms with Gasteiger partial charge in [0.15, 0.2) is 6.29 Å². The van der Waals surface area contributed by atoms with E-state index in [1.165, 1.54) is 0 Å². The normalized spacial score (nSPS) is 12.6. The van der Waals surface area contributed by atoms with Crippen LogP contribution in [0.2, 0.25) is 0 Å². The van der Waals surface area contributed by atoms with E-state index in [9.17, 15) is 9.59 Å². The Kier molecular flexibility index (Phi) is 5.01. The van der Waals surface area contributed by atoms with Crippen LogP contribution >= 0.6 is 0 Å². The summed E-state index contributed by atoms with van der Waals surface area (Å²) in [6, 6.07) is 0. The summed E-state index contributed by atoms with van der Waals surface area (Å²) in [6.45, 7) is -0.231. The largest absolute Gasteiger partial charge is 0.396 e. The molecule has 0 saturated heterocycles. The molecule has 0 aliphatic heterocycles. The minimum Gasteiger partial charge on any atom is -0.396 e. The maximum atomic E-state index is 9.83. The fourth-order valence-electron chi connectivity index (χ4n) is 0.421. The molecule has 0 saturated carbocycles. The summed E-state index contributed by atoms with van der Waals surface area (Å²) >= 11 is 0. The van der Waals surface area contributed by atoms with Gasteiger partial charge in [0.2, 0.25) is 6.29 Å². The molecule has 2 radical (unpaired) electrons. The lowest BCUT2D eigenvalue weighted by molar-refractivity contribution is 0.253. The van der Waals surface area contributed by atoms with Crippen molar-refractivity contribution in [2.75, 3.05) is 6.61 Å². The summed E-state index contributed by atoms with van der Waals surface area (Å²) in [5, 5.41) is 8.36. The molecular formula is C6H8O3. The second kappa shape index (κ2) is 5.44. The molecule has 0 rings (SSSR count). The van der Waals surface area contributed by atoms with Crippen LogP contribution in [-0.4, -0.2) is 24.3 Å². The first-order valence-corrected chi connectivity index (χ1v) is 2.68. The Balaban J connectivity index is 3.30. The molecule has 3 heteroatoms. The third kappa shape index (κ3) is 3.85. The third-order valence-electron chi connectivity index (χ3n) is 0.982. The summed E-state index contributed by atoms with van der Waals surface area (Å²) in [7, 11) is 0. The maximum absolute atomic E-state index is 9.83. The quantitative estimate of drug-likeness (QED) is 0.547. The lowest BCUT2D eigenvalue weighted by atomic mass is 10.1. The van der Waals surface area contributed by atoms with Crippen molar-refractivity contribution in [1.29, 1.82) is 0 Å². The number of hydrogen-bond donors (Lipinski definition) is 1. The molecule has 1 atom stereocenters. The van der Waals surface area contributed by atoms with E-state index in [1.54, 1.807) is 12.6 Å². The molecule has 0 amide bonds. The number of carbonyl (C=O) groups excluding carboxylic acids is 2. The van der Waals surface area contributed by atoms with Gasteiger partial charge >= 0.3 is 0 Å². The molecule has 9 heavy (non-hydrogen) atoms. The van der Waals surface area contributed by atoms with Gasteiger partial charge < -0.3 is 5.11 Å². The molecule has 0 aromatic carbocycles. The molecule has 0 aliphatic carbocycles. The monoisotopic (exact) mass is 128 g/mol. The zero-order valence-corrected chi connectivity index (χ0v) is 4.96. The number of rotatable bonds is 5. The van der Waals surface area contributed by atoms with Gasteiger partial charge in [-0.15, -0.1) is 0 Å². The highest BCUT2D eigenvalue weighted by Gasteiger charge is 2.04. The Morgan fingerprint density at radius 3 is 2.44 bits per heavy atom. The standard InChI is InChI=1S/C6H8O3/c7-3-1-2-6(4-8)5-9/h6,8H,1-2,4H2. The van der Waals surface area contributed by atoms with Crippen molar-refractivity contribution in [2.24, 2.45) is 5.92 Å². The van der Waals surface area contributed by atoms with Gasteiger partial charge in [0.25, 0.3) is 0 Å². The Morgan fingerprint density at radius 1 is 1.44 bits per heavy atom. The molecule has 1 unspecified atom stereocenters. The van der Waals surface area contributed by atoms with Gasteiger partial charge in [0, 0.05) is 12.3 Å². The highest BCUT2D eigenvalue weighted by molar-refractivity contribution is 5.56. The Labute approximate surface area is 53.7 Å². The molecule has 0 spiro atoms. The third-order valence-corrected chi connectivity index (χ3v) is 0.982. The van der Waals surface area contributed by atoms with Gasteiger partial charge in [-0.25, -0.2) is 0 Å². The highest BCUT2D eigenvalue weighted by Crippen LogP contribution is 1.99. The number of aliphatic hydroxyl groups is 1. The van der Waals surface area contributed by atoms with Crippen LogP contribution in [0.3, 0.4) is 0 Å². The zero-order chi connectivity index (χ0) is 7.11. The van der Waals surface area contributed by atoms with Crippen molar-refractivity contribution >= 4 is 12.6 Å². The maximum Gasteiger partial charge on any atom is 0.204 e. The van der Waals surface area contributed by atoms with Gasteiger partial charge in [-0.3, -0.25) is 9.59 Å². The molecule has 0 bridgehead atoms. The number of aliphatic hydroxyl groups excluding tert-OH is 1. The highest BCUT2D eigenvalue weighted by atomic mass is 16.3. The molecule has 0 heterocycles. The van der Waals surface area contributed by atoms with Crippen molar-refractivity contribution in [3.63, 3.8) is 0 Å². The van der Waals surface area contributed by atoms with E-state index in [-0.39, 0.29) is 13.0 Å². The van der Waals surface area contributed by atoms with E-state index in [0.717, 1.165) is 0 Å². The van der Waals surface area contributed by atoms with E-state index < -0.39 is 5.92 Å². The van der Waals surface area contributed by atoms with Gasteiger partial charge in [0.1, 0.15) is 0 Å². The average Bonchev–Trinajstić information content (AvgIpc) is 1.91. The predicted molar refractivity (Wildman–Crippen MR) is 31.2 cm³/mol. The van der Waals surface area contributed by atoms with E-state index in [1.807, 2.05) is 0 Å². The lowest BCUT2D eigenvalue weighted by Crippen LogP contribution is -2.06. The summed E-state index contributed by atoms with van der Waals surface area (Å²) in [4.78, 5) is 19.4. The number of hydrogen-bond acceptors (Lipinski definition) is 3. The SMILES string of the molecule is O=[C]CCC([C]=O)CO. The van der Waals surface area contributed by atoms with Crippen molar-refractivity contribution in [3.8, 4) is 0 Å². The molecule has 0 aromatic heterocycles. The minimum absolute atomic E-state index is 0.195. The van der Waals surface area contributed by atoms with Gasteiger partial charge in [-0.05, 0) is 6.42 Å². The predicted octanol–water partition coefficient (Wildman–Crippen LogP) is -0.406. The van der Waals surface area contributed by atoms with Crippen LogP contribution < -0.4 is 0 Å². The first kappa shape index (κ1) is 8.30. The van der Waals surface area contributed by atoms with Crippen molar-refractivity contribution < 1.29 is 14.7 Å². The zero-order valence-electron chi connectivity index (χ0n) is 4.96. The van der Waals surface area contributed by atoms with Crippen LogP contribution in [0.4, 0.5) is 0 Å². The lowest BCUT2D eigenvalue weighted by Gasteiger charge is -1.98. The Bertz CT molecular complexity index is 90.3. The molecule has 1 N–H and O–H groups in total. The molecule has 0 aliphatic rings. The van der Waals surface area contributed by atoms with Gasteiger partial charge in [-0.1, -0.05) is 0 Å². The minimum atomic E-state index is -0.508. The Hall–Kier alpha value is -0.700. The summed E-state index contributed by atoms with van der Waals surface area (Å²) < 4.78 is 0. The van der Waals surface area contributed by atoms with E-state index in [2.05, 4.69) is 0 Å². The molecule has 0 aromatic rings. The van der Waals surface area contributed by atoms with E-state index in [4.69, 9.17) is 5.11 Å². The van der Waals surface area contributed by atoms with Crippen LogP contribution in [0.5, 0.6) is 0 Å². The topological polar surface area (TPSA) is 54.4 Å². The van der Waals surface area contributed by atoms with Crippen molar-refractivity contribution in [3.05, 3.63) is 0 Å². The second-order valence-electron chi connectivity index (χ2n) is 1.68. The Morgan fingerprint density at radius 2 is 2.11 bits per heavy atom. The van der Waals surface area contributed by atoms with Gasteiger partial charge in [-0.2, -0.15) is 0 Å². The van der Waals surface area contributed by atoms with Crippen molar-refractivity contribution in [2.45, 2.75) is 12.8 Å². The van der Waals surface area contributed by atoms with Crippen molar-refractivity contribution in [1.82, 2.24) is 0 Å². The first-order chi connectivity index (χ1) is 4.35. The molecule has 50 valence electrons. The van der Waals surface area contributed by atoms with Crippen LogP contribution in [0.15, 0.2) is 0 Å². The molecule has 0 fully saturated rings. The first-order valence-electron chi connectivity index (χ1n) is 2.68. The van der Waals surface area contributed by atoms with Crippen LogP contribution in [0.25, 0.3) is 0 Å². The van der Waals surface area contributed by atoms with Crippen LogP contribution in [-0.2, 0) is 9.59 Å². The smallest absolute Gasteiger partial charge is 0.204 e. The summed E-state index contributed by atoms with van der Waals surface area (Å²) in [5.74, 6) is -0.508. The van der Waals surface area contributed by atoms with E-state index in [0.29, 0.717) is 6.42 Å². The van der Waals surface area contributed by atoms with Crippen LogP contribution in [0.1, 0.15) is 12.8 Å². The average molecular weight is 128 g/mol. The van der Waals surface area contributed by atoms with E-state index >= 15 is 0 Å². The summed E-state index contributed by atoms with van der Waals surface area (Å²) in [6.07, 6.45) is 3.78. The molecular weight excluding hydrogens is 120 g/mol. The summed E-state index contributed by atoms with van der Waals surface area (Å²) in [5.41, 5.74) is 0. The second-order valence-corrected chi connectivity index (χ2v) is 1.68. The fraction of sp³-hybridized carbons (Fsp3) is 0.667.